The molecule has 4 heteroatoms. The average molecular weight is 196 g/mol. The molecule has 0 heterocycles. The Morgan fingerprint density at radius 2 is 2.00 bits per heavy atom. The van der Waals surface area contributed by atoms with Crippen molar-refractivity contribution in [3.63, 3.8) is 0 Å². The van der Waals surface area contributed by atoms with Gasteiger partial charge in [0.15, 0.2) is 0 Å². The van der Waals surface area contributed by atoms with Crippen LogP contribution in [0.2, 0.25) is 0 Å². The standard InChI is InChI=1S/C9H8O3S/c10-9(11)8(13)6-12-7-4-2-1-3-5-7/h1-5H,6H2,(H,10,11). The van der Waals surface area contributed by atoms with Gasteiger partial charge in [0.1, 0.15) is 17.2 Å². The molecule has 0 bridgehead atoms. The number of hydrogen-bond donors (Lipinski definition) is 1. The van der Waals surface area contributed by atoms with Gasteiger partial charge in [0.2, 0.25) is 0 Å². The Morgan fingerprint density at radius 1 is 1.38 bits per heavy atom. The molecule has 13 heavy (non-hydrogen) atoms. The fraction of sp³-hybridized carbons (Fsp3) is 0.111. The molecule has 0 aromatic heterocycles. The van der Waals surface area contributed by atoms with Crippen LogP contribution in [0.25, 0.3) is 0 Å². The molecule has 0 saturated heterocycles. The Hall–Kier alpha value is -1.42. The lowest BCUT2D eigenvalue weighted by atomic mass is 10.3. The van der Waals surface area contributed by atoms with Gasteiger partial charge < -0.3 is 9.84 Å². The van der Waals surface area contributed by atoms with Crippen molar-refractivity contribution in [2.24, 2.45) is 0 Å². The smallest absolute Gasteiger partial charge is 0.346 e. The Kier molecular flexibility index (Phi) is 3.40. The summed E-state index contributed by atoms with van der Waals surface area (Å²) < 4.78 is 5.11. The van der Waals surface area contributed by atoms with Crippen LogP contribution in [0.3, 0.4) is 0 Å². The van der Waals surface area contributed by atoms with Crippen molar-refractivity contribution in [2.75, 3.05) is 6.61 Å². The number of rotatable bonds is 4. The van der Waals surface area contributed by atoms with Gasteiger partial charge >= 0.3 is 5.97 Å². The Labute approximate surface area is 81.0 Å². The van der Waals surface area contributed by atoms with Gasteiger partial charge in [0.05, 0.1) is 0 Å². The molecular formula is C9H8O3S. The van der Waals surface area contributed by atoms with Crippen molar-refractivity contribution in [2.45, 2.75) is 0 Å². The lowest BCUT2D eigenvalue weighted by molar-refractivity contribution is -0.129. The number of hydrogen-bond acceptors (Lipinski definition) is 3. The van der Waals surface area contributed by atoms with E-state index in [2.05, 4.69) is 12.2 Å². The first kappa shape index (κ1) is 9.67. The van der Waals surface area contributed by atoms with E-state index in [1.807, 2.05) is 6.07 Å². The van der Waals surface area contributed by atoms with Crippen LogP contribution in [0.4, 0.5) is 0 Å². The SMILES string of the molecule is O=C(O)C(=S)COc1ccccc1. The predicted octanol–water partition coefficient (Wildman–Crippen LogP) is 1.52. The van der Waals surface area contributed by atoms with Crippen LogP contribution >= 0.6 is 12.2 Å². The summed E-state index contributed by atoms with van der Waals surface area (Å²) in [5, 5.41) is 8.44. The van der Waals surface area contributed by atoms with Gasteiger partial charge in [-0.25, -0.2) is 4.79 Å². The van der Waals surface area contributed by atoms with Crippen LogP contribution in [0.1, 0.15) is 0 Å². The zero-order valence-electron chi connectivity index (χ0n) is 6.77. The first-order valence-corrected chi connectivity index (χ1v) is 4.05. The van der Waals surface area contributed by atoms with Crippen LogP contribution < -0.4 is 4.74 Å². The number of para-hydroxylation sites is 1. The van der Waals surface area contributed by atoms with Gasteiger partial charge in [-0.15, -0.1) is 0 Å². The molecule has 0 aliphatic rings. The van der Waals surface area contributed by atoms with Crippen molar-refractivity contribution >= 4 is 23.1 Å². The van der Waals surface area contributed by atoms with E-state index < -0.39 is 5.97 Å². The number of benzene rings is 1. The minimum Gasteiger partial charge on any atom is -0.488 e. The first-order chi connectivity index (χ1) is 6.20. The van der Waals surface area contributed by atoms with Gasteiger partial charge in [0.25, 0.3) is 0 Å². The quantitative estimate of drug-likeness (QED) is 0.742. The maximum Gasteiger partial charge on any atom is 0.346 e. The highest BCUT2D eigenvalue weighted by atomic mass is 32.1. The molecule has 1 aromatic rings. The molecule has 1 rings (SSSR count). The van der Waals surface area contributed by atoms with Gasteiger partial charge in [-0.2, -0.15) is 0 Å². The maximum absolute atomic E-state index is 10.3. The molecule has 0 spiro atoms. The second-order valence-corrected chi connectivity index (χ2v) is 2.82. The highest BCUT2D eigenvalue weighted by Gasteiger charge is 2.06. The first-order valence-electron chi connectivity index (χ1n) is 3.64. The van der Waals surface area contributed by atoms with E-state index in [1.165, 1.54) is 0 Å². The lowest BCUT2D eigenvalue weighted by Gasteiger charge is -2.03. The minimum atomic E-state index is -1.11. The summed E-state index contributed by atoms with van der Waals surface area (Å²) in [7, 11) is 0. The largest absolute Gasteiger partial charge is 0.488 e. The molecule has 1 aromatic carbocycles. The number of carboxylic acid groups (broad SMARTS) is 1. The molecule has 0 saturated carbocycles. The summed E-state index contributed by atoms with van der Waals surface area (Å²) in [5.41, 5.74) is 0. The molecule has 3 nitrogen and oxygen atoms in total. The van der Waals surface area contributed by atoms with Gasteiger partial charge in [-0.05, 0) is 12.1 Å². The topological polar surface area (TPSA) is 46.5 Å². The van der Waals surface area contributed by atoms with E-state index in [0.29, 0.717) is 5.75 Å². The zero-order chi connectivity index (χ0) is 9.68. The van der Waals surface area contributed by atoms with Crippen LogP contribution in [-0.4, -0.2) is 22.5 Å². The zero-order valence-corrected chi connectivity index (χ0v) is 7.58. The van der Waals surface area contributed by atoms with E-state index in [4.69, 9.17) is 9.84 Å². The van der Waals surface area contributed by atoms with Gasteiger partial charge in [-0.1, -0.05) is 30.4 Å². The van der Waals surface area contributed by atoms with E-state index in [9.17, 15) is 4.79 Å². The monoisotopic (exact) mass is 196 g/mol. The fourth-order valence-electron chi connectivity index (χ4n) is 0.727. The Bertz CT molecular complexity index is 308. The number of carbonyl (C=O) groups is 1. The van der Waals surface area contributed by atoms with Crippen LogP contribution in [0.5, 0.6) is 5.75 Å². The third-order valence-electron chi connectivity index (χ3n) is 1.35. The molecule has 0 unspecified atom stereocenters. The summed E-state index contributed by atoms with van der Waals surface area (Å²) in [6.45, 7) is -0.0608. The summed E-state index contributed by atoms with van der Waals surface area (Å²) >= 11 is 4.55. The lowest BCUT2D eigenvalue weighted by Crippen LogP contribution is -2.18. The van der Waals surface area contributed by atoms with Crippen LogP contribution in [0.15, 0.2) is 30.3 Å². The van der Waals surface area contributed by atoms with Crippen molar-refractivity contribution in [3.05, 3.63) is 30.3 Å². The van der Waals surface area contributed by atoms with Crippen molar-refractivity contribution in [1.82, 2.24) is 0 Å². The minimum absolute atomic E-state index is 0.0608. The van der Waals surface area contributed by atoms with Crippen LogP contribution in [0, 0.1) is 0 Å². The second-order valence-electron chi connectivity index (χ2n) is 2.33. The summed E-state index contributed by atoms with van der Waals surface area (Å²) in [6, 6.07) is 8.94. The Balaban J connectivity index is 2.44. The number of thiocarbonyl (C=S) groups is 1. The third-order valence-corrected chi connectivity index (χ3v) is 1.64. The molecule has 1 N–H and O–H groups in total. The second kappa shape index (κ2) is 4.57. The van der Waals surface area contributed by atoms with Crippen molar-refractivity contribution in [3.8, 4) is 5.75 Å². The molecule has 0 atom stereocenters. The predicted molar refractivity (Wildman–Crippen MR) is 52.2 cm³/mol. The third kappa shape index (κ3) is 3.21. The van der Waals surface area contributed by atoms with Crippen LogP contribution in [-0.2, 0) is 4.79 Å². The van der Waals surface area contributed by atoms with Gasteiger partial charge in [-0.3, -0.25) is 0 Å². The van der Waals surface area contributed by atoms with E-state index >= 15 is 0 Å². The fourth-order valence-corrected chi connectivity index (χ4v) is 0.786. The highest BCUT2D eigenvalue weighted by molar-refractivity contribution is 7.82. The van der Waals surface area contributed by atoms with E-state index in [-0.39, 0.29) is 11.5 Å². The molecule has 0 fully saturated rings. The molecule has 0 aliphatic heterocycles. The highest BCUT2D eigenvalue weighted by Crippen LogP contribution is 2.07. The summed E-state index contributed by atoms with van der Waals surface area (Å²) in [4.78, 5) is 10.2. The number of ether oxygens (including phenoxy) is 1. The maximum atomic E-state index is 10.3. The molecule has 0 amide bonds. The Morgan fingerprint density at radius 3 is 2.54 bits per heavy atom. The number of aliphatic carboxylic acids is 1. The molecular weight excluding hydrogens is 188 g/mol. The van der Waals surface area contributed by atoms with Gasteiger partial charge in [0, 0.05) is 0 Å². The molecule has 0 radical (unpaired) electrons. The number of carboxylic acids is 1. The molecule has 68 valence electrons. The van der Waals surface area contributed by atoms with E-state index in [0.717, 1.165) is 0 Å². The molecule has 0 aliphatic carbocycles. The van der Waals surface area contributed by atoms with E-state index in [1.54, 1.807) is 24.3 Å². The summed E-state index contributed by atoms with van der Waals surface area (Å²) in [5.74, 6) is -0.489. The van der Waals surface area contributed by atoms with Crippen molar-refractivity contribution < 1.29 is 14.6 Å². The summed E-state index contributed by atoms with van der Waals surface area (Å²) in [6.07, 6.45) is 0. The van der Waals surface area contributed by atoms with Crippen molar-refractivity contribution in [1.29, 1.82) is 0 Å². The normalized spacial score (nSPS) is 9.23. The average Bonchev–Trinajstić information content (AvgIpc) is 2.15.